The number of hydrogen-bond acceptors (Lipinski definition) is 2. The lowest BCUT2D eigenvalue weighted by atomic mass is 10.0. The maximum atomic E-state index is 12.9. The zero-order chi connectivity index (χ0) is 20.4. The van der Waals surface area contributed by atoms with Crippen molar-refractivity contribution in [2.75, 3.05) is 49.1 Å². The minimum Gasteiger partial charge on any atom is -0.321 e. The molecule has 1 amide bonds. The Kier molecular flexibility index (Phi) is 5.45. The molecule has 1 fully saturated rings. The number of nitrogens with one attached hydrogen (secondary N) is 2. The summed E-state index contributed by atoms with van der Waals surface area (Å²) >= 11 is 0. The molecule has 2 aliphatic heterocycles. The number of aromatic nitrogens is 1. The van der Waals surface area contributed by atoms with E-state index in [9.17, 15) is 18.0 Å². The number of hydrogen-bond donors (Lipinski definition) is 1. The van der Waals surface area contributed by atoms with E-state index < -0.39 is 11.7 Å². The molecule has 2 aliphatic rings. The molecule has 2 N–H and O–H groups in total. The van der Waals surface area contributed by atoms with Crippen molar-refractivity contribution in [1.29, 1.82) is 0 Å². The van der Waals surface area contributed by atoms with Gasteiger partial charge in [-0.05, 0) is 30.5 Å². The molecule has 4 rings (SSSR count). The fraction of sp³-hybridized carbons (Fsp3) is 0.429. The molecular weight excluding hydrogens is 381 g/mol. The molecule has 3 heterocycles. The summed E-state index contributed by atoms with van der Waals surface area (Å²) in [5, 5.41) is 0. The number of anilines is 2. The number of pyridine rings is 1. The van der Waals surface area contributed by atoms with Gasteiger partial charge >= 0.3 is 6.18 Å². The summed E-state index contributed by atoms with van der Waals surface area (Å²) in [6.45, 7) is 4.14. The van der Waals surface area contributed by atoms with Crippen LogP contribution >= 0.6 is 0 Å². The number of aryl methyl sites for hydroxylation is 1. The van der Waals surface area contributed by atoms with Crippen LogP contribution in [0.3, 0.4) is 0 Å². The lowest BCUT2D eigenvalue weighted by Gasteiger charge is -2.32. The van der Waals surface area contributed by atoms with Crippen molar-refractivity contribution in [3.63, 3.8) is 0 Å². The summed E-state index contributed by atoms with van der Waals surface area (Å²) in [4.78, 5) is 20.8. The molecule has 1 aromatic carbocycles. The van der Waals surface area contributed by atoms with Crippen LogP contribution in [0.2, 0.25) is 0 Å². The molecule has 0 saturated carbocycles. The van der Waals surface area contributed by atoms with Crippen molar-refractivity contribution in [1.82, 2.24) is 0 Å². The standard InChI is InChI=1S/C21H23F3N4O/c22-21(23,24)17-7-8-19(25-14-17)27-12-10-26(11-13-27)15-20(29)28-9-3-5-16-4-1-2-6-18(16)28/h1-2,4,6-8,14H,3,5,9-13,15H2/p+2. The van der Waals surface area contributed by atoms with E-state index in [-0.39, 0.29) is 5.91 Å². The second-order valence-corrected chi connectivity index (χ2v) is 7.65. The predicted molar refractivity (Wildman–Crippen MR) is 103 cm³/mol. The topological polar surface area (TPSA) is 42.1 Å². The van der Waals surface area contributed by atoms with E-state index in [1.54, 1.807) is 0 Å². The van der Waals surface area contributed by atoms with Crippen LogP contribution in [0.15, 0.2) is 42.6 Å². The van der Waals surface area contributed by atoms with E-state index in [0.717, 1.165) is 50.4 Å². The Labute approximate surface area is 167 Å². The van der Waals surface area contributed by atoms with Gasteiger partial charge in [0.05, 0.1) is 5.56 Å². The maximum absolute atomic E-state index is 12.9. The summed E-state index contributed by atoms with van der Waals surface area (Å²) in [7, 11) is 0. The average molecular weight is 406 g/mol. The largest absolute Gasteiger partial charge is 0.419 e. The van der Waals surface area contributed by atoms with Crippen molar-refractivity contribution in [2.24, 2.45) is 0 Å². The number of halogens is 3. The van der Waals surface area contributed by atoms with Gasteiger partial charge in [-0.15, -0.1) is 0 Å². The predicted octanol–water partition coefficient (Wildman–Crippen LogP) is 1.20. The molecule has 5 nitrogen and oxygen atoms in total. The quantitative estimate of drug-likeness (QED) is 0.833. The van der Waals surface area contributed by atoms with Gasteiger partial charge in [0.1, 0.15) is 32.4 Å². The van der Waals surface area contributed by atoms with Crippen molar-refractivity contribution in [2.45, 2.75) is 19.0 Å². The van der Waals surface area contributed by atoms with Crippen LogP contribution in [-0.2, 0) is 17.4 Å². The number of alkyl halides is 3. The first kappa shape index (κ1) is 19.7. The van der Waals surface area contributed by atoms with Gasteiger partial charge in [0.25, 0.3) is 11.7 Å². The molecule has 0 aliphatic carbocycles. The molecule has 0 bridgehead atoms. The lowest BCUT2D eigenvalue weighted by Crippen LogP contribution is -3.16. The summed E-state index contributed by atoms with van der Waals surface area (Å²) in [6, 6.07) is 10.7. The molecule has 0 atom stereocenters. The fourth-order valence-corrected chi connectivity index (χ4v) is 4.13. The second-order valence-electron chi connectivity index (χ2n) is 7.65. The van der Waals surface area contributed by atoms with Gasteiger partial charge in [-0.3, -0.25) is 9.69 Å². The molecule has 0 radical (unpaired) electrons. The average Bonchev–Trinajstić information content (AvgIpc) is 2.73. The smallest absolute Gasteiger partial charge is 0.321 e. The SMILES string of the molecule is O=C(C[NH+]1CCN(c2ccc(C(F)(F)F)c[nH+]2)CC1)N1CCCc2ccccc21. The highest BCUT2D eigenvalue weighted by atomic mass is 19.4. The van der Waals surface area contributed by atoms with E-state index in [4.69, 9.17) is 0 Å². The Hall–Kier alpha value is -2.61. The van der Waals surface area contributed by atoms with Crippen LogP contribution in [0.4, 0.5) is 24.7 Å². The fourth-order valence-electron chi connectivity index (χ4n) is 4.13. The third kappa shape index (κ3) is 4.37. The number of carbonyl (C=O) groups is 1. The maximum Gasteiger partial charge on any atom is 0.419 e. The summed E-state index contributed by atoms with van der Waals surface area (Å²) in [5.74, 6) is 0.815. The Morgan fingerprint density at radius 3 is 2.52 bits per heavy atom. The number of fused-ring (bicyclic) bond motifs is 1. The van der Waals surface area contributed by atoms with Crippen LogP contribution in [0.1, 0.15) is 17.5 Å². The Bertz CT molecular complexity index is 861. The highest BCUT2D eigenvalue weighted by molar-refractivity contribution is 5.95. The van der Waals surface area contributed by atoms with Crippen LogP contribution < -0.4 is 19.7 Å². The van der Waals surface area contributed by atoms with Crippen molar-refractivity contribution >= 4 is 17.4 Å². The van der Waals surface area contributed by atoms with Gasteiger partial charge in [0.2, 0.25) is 0 Å². The molecule has 2 aromatic rings. The number of H-pyrrole nitrogens is 1. The zero-order valence-corrected chi connectivity index (χ0v) is 16.1. The van der Waals surface area contributed by atoms with E-state index in [2.05, 4.69) is 11.1 Å². The van der Waals surface area contributed by atoms with Gasteiger partial charge in [-0.2, -0.15) is 13.2 Å². The number of rotatable bonds is 3. The summed E-state index contributed by atoms with van der Waals surface area (Å²) in [6.07, 6.45) is -1.35. The van der Waals surface area contributed by atoms with E-state index >= 15 is 0 Å². The number of piperazine rings is 1. The summed E-state index contributed by atoms with van der Waals surface area (Å²) in [5.41, 5.74) is 1.57. The third-order valence-electron chi connectivity index (χ3n) is 5.75. The minimum atomic E-state index is -4.34. The van der Waals surface area contributed by atoms with Gasteiger partial charge in [0.15, 0.2) is 6.54 Å². The zero-order valence-electron chi connectivity index (χ0n) is 16.1. The van der Waals surface area contributed by atoms with Gasteiger partial charge in [0, 0.05) is 18.3 Å². The first-order valence-electron chi connectivity index (χ1n) is 9.97. The third-order valence-corrected chi connectivity index (χ3v) is 5.75. The lowest BCUT2D eigenvalue weighted by molar-refractivity contribution is -0.892. The molecule has 0 spiro atoms. The van der Waals surface area contributed by atoms with E-state index in [1.165, 1.54) is 16.5 Å². The van der Waals surface area contributed by atoms with Crippen LogP contribution in [0.5, 0.6) is 0 Å². The Morgan fingerprint density at radius 1 is 1.07 bits per heavy atom. The van der Waals surface area contributed by atoms with Crippen LogP contribution in [0, 0.1) is 0 Å². The van der Waals surface area contributed by atoms with Gasteiger partial charge < -0.3 is 9.80 Å². The number of amides is 1. The normalized spacial score (nSPS) is 17.9. The molecule has 154 valence electrons. The van der Waals surface area contributed by atoms with Gasteiger partial charge in [-0.1, -0.05) is 18.2 Å². The molecule has 29 heavy (non-hydrogen) atoms. The minimum absolute atomic E-state index is 0.140. The number of para-hydroxylation sites is 1. The molecule has 0 unspecified atom stereocenters. The molecular formula is C21H25F3N4O+2. The van der Waals surface area contributed by atoms with Crippen LogP contribution in [-0.4, -0.2) is 45.2 Å². The monoisotopic (exact) mass is 406 g/mol. The molecule has 1 saturated heterocycles. The molecule has 1 aromatic heterocycles. The highest BCUT2D eigenvalue weighted by Crippen LogP contribution is 2.28. The Morgan fingerprint density at radius 2 is 1.83 bits per heavy atom. The molecule has 8 heteroatoms. The van der Waals surface area contributed by atoms with Gasteiger partial charge in [-0.25, -0.2) is 4.98 Å². The first-order valence-corrected chi connectivity index (χ1v) is 9.97. The first-order chi connectivity index (χ1) is 13.9. The van der Waals surface area contributed by atoms with Crippen molar-refractivity contribution in [3.8, 4) is 0 Å². The highest BCUT2D eigenvalue weighted by Gasteiger charge is 2.34. The number of quaternary nitrogens is 1. The number of carbonyl (C=O) groups excluding carboxylic acids is 1. The van der Waals surface area contributed by atoms with Crippen molar-refractivity contribution in [3.05, 3.63) is 53.7 Å². The number of aromatic amines is 1. The van der Waals surface area contributed by atoms with Crippen LogP contribution in [0.25, 0.3) is 0 Å². The second kappa shape index (κ2) is 8.02. The number of benzene rings is 1. The Balaban J connectivity index is 1.33. The van der Waals surface area contributed by atoms with E-state index in [1.807, 2.05) is 28.0 Å². The summed E-state index contributed by atoms with van der Waals surface area (Å²) < 4.78 is 38.1. The van der Waals surface area contributed by atoms with E-state index in [0.29, 0.717) is 25.5 Å². The van der Waals surface area contributed by atoms with Crippen molar-refractivity contribution < 1.29 is 27.8 Å². The number of nitrogens with zero attached hydrogens (tertiary/aromatic N) is 2.